The van der Waals surface area contributed by atoms with Gasteiger partial charge in [0.2, 0.25) is 0 Å². The number of carbonyl (C=O) groups is 3. The minimum Gasteiger partial charge on any atom is -0.465 e. The van der Waals surface area contributed by atoms with Gasteiger partial charge in [-0.25, -0.2) is 0 Å². The van der Waals surface area contributed by atoms with Crippen molar-refractivity contribution in [3.8, 4) is 0 Å². The van der Waals surface area contributed by atoms with Crippen LogP contribution >= 0.6 is 0 Å². The molecule has 0 unspecified atom stereocenters. The van der Waals surface area contributed by atoms with Crippen LogP contribution in [0.2, 0.25) is 25.7 Å². The molecule has 31 heavy (non-hydrogen) atoms. The molecule has 6 nitrogen and oxygen atoms in total. The van der Waals surface area contributed by atoms with E-state index in [1.54, 1.807) is 20.8 Å². The smallest absolute Gasteiger partial charge is 0.320 e. The Morgan fingerprint density at radius 1 is 0.935 bits per heavy atom. The number of unbranched alkanes of at least 4 members (excludes halogenated alkanes) is 1. The quantitative estimate of drug-likeness (QED) is 0.144. The van der Waals surface area contributed by atoms with Gasteiger partial charge >= 0.3 is 17.9 Å². The Hall–Kier alpha value is -2.15. The highest BCUT2D eigenvalue weighted by atomic mass is 28.3. The highest BCUT2D eigenvalue weighted by molar-refractivity contribution is 6.76. The van der Waals surface area contributed by atoms with Gasteiger partial charge in [-0.15, -0.1) is 0 Å². The van der Waals surface area contributed by atoms with Gasteiger partial charge in [-0.3, -0.25) is 14.4 Å². The first-order valence-corrected chi connectivity index (χ1v) is 14.7. The Labute approximate surface area is 187 Å². The molecular formula is C24H38O6Si. The van der Waals surface area contributed by atoms with Gasteiger partial charge < -0.3 is 14.2 Å². The van der Waals surface area contributed by atoms with Crippen molar-refractivity contribution in [2.75, 3.05) is 6.61 Å². The summed E-state index contributed by atoms with van der Waals surface area (Å²) in [4.78, 5) is 37.0. The summed E-state index contributed by atoms with van der Waals surface area (Å²) in [6, 6.07) is 10.3. The normalized spacial score (nSPS) is 12.7. The van der Waals surface area contributed by atoms with Crippen LogP contribution in [0.1, 0.15) is 52.0 Å². The Bertz CT molecular complexity index is 703. The van der Waals surface area contributed by atoms with E-state index in [0.717, 1.165) is 11.6 Å². The van der Waals surface area contributed by atoms with Crippen molar-refractivity contribution in [3.05, 3.63) is 35.9 Å². The van der Waals surface area contributed by atoms with Crippen LogP contribution in [0.4, 0.5) is 0 Å². The van der Waals surface area contributed by atoms with E-state index >= 15 is 0 Å². The van der Waals surface area contributed by atoms with Gasteiger partial charge in [0.15, 0.2) is 5.92 Å². The second kappa shape index (κ2) is 12.6. The number of benzene rings is 1. The molecule has 0 amide bonds. The number of hydrogen-bond donors (Lipinski definition) is 0. The summed E-state index contributed by atoms with van der Waals surface area (Å²) in [5, 5.41) is 0. The number of carbonyl (C=O) groups excluding carboxylic acids is 3. The standard InChI is InChI=1S/C24H38O6Si/c1-24(2,3)30-23(27)20(22(26)28-16-17-31(4,5)6)14-10-11-15-21(25)29-18-19-12-8-7-9-13-19/h7-9,12-13,20H,10-11,14-18H2,1-6H3/t20-/m1/s1. The number of hydrogen-bond acceptors (Lipinski definition) is 6. The molecule has 0 aromatic heterocycles. The molecular weight excluding hydrogens is 412 g/mol. The van der Waals surface area contributed by atoms with Gasteiger partial charge in [-0.1, -0.05) is 56.4 Å². The van der Waals surface area contributed by atoms with Crippen LogP contribution < -0.4 is 0 Å². The molecule has 0 aliphatic heterocycles. The second-order valence-electron chi connectivity index (χ2n) is 9.96. The third-order valence-electron chi connectivity index (χ3n) is 4.44. The third-order valence-corrected chi connectivity index (χ3v) is 6.14. The highest BCUT2D eigenvalue weighted by Gasteiger charge is 2.32. The largest absolute Gasteiger partial charge is 0.465 e. The molecule has 1 rings (SSSR count). The number of esters is 3. The van der Waals surface area contributed by atoms with E-state index < -0.39 is 31.5 Å². The lowest BCUT2D eigenvalue weighted by atomic mass is 10.0. The van der Waals surface area contributed by atoms with Crippen LogP contribution in [0.3, 0.4) is 0 Å². The SMILES string of the molecule is CC(C)(C)OC(=O)[C@H](CCCCC(=O)OCc1ccccc1)C(=O)OCC[Si](C)(C)C. The lowest BCUT2D eigenvalue weighted by molar-refractivity contribution is -0.169. The molecule has 1 aromatic carbocycles. The average Bonchev–Trinajstić information content (AvgIpc) is 2.64. The van der Waals surface area contributed by atoms with Crippen LogP contribution in [0.5, 0.6) is 0 Å². The van der Waals surface area contributed by atoms with Crippen molar-refractivity contribution < 1.29 is 28.6 Å². The van der Waals surface area contributed by atoms with Crippen molar-refractivity contribution in [1.29, 1.82) is 0 Å². The van der Waals surface area contributed by atoms with Gasteiger partial charge in [0.25, 0.3) is 0 Å². The minimum absolute atomic E-state index is 0.235. The minimum atomic E-state index is -1.35. The van der Waals surface area contributed by atoms with Crippen molar-refractivity contribution in [2.24, 2.45) is 5.92 Å². The molecule has 1 aromatic rings. The van der Waals surface area contributed by atoms with Crippen LogP contribution in [-0.4, -0.2) is 38.2 Å². The van der Waals surface area contributed by atoms with E-state index in [9.17, 15) is 14.4 Å². The zero-order valence-electron chi connectivity index (χ0n) is 19.9. The van der Waals surface area contributed by atoms with Crippen molar-refractivity contribution >= 4 is 26.0 Å². The molecule has 0 aliphatic rings. The fourth-order valence-electron chi connectivity index (χ4n) is 2.69. The van der Waals surface area contributed by atoms with E-state index in [-0.39, 0.29) is 25.4 Å². The summed E-state index contributed by atoms with van der Waals surface area (Å²) in [7, 11) is -1.35. The molecule has 7 heteroatoms. The molecule has 0 heterocycles. The molecule has 0 fully saturated rings. The maximum atomic E-state index is 12.5. The maximum absolute atomic E-state index is 12.5. The molecule has 0 bridgehead atoms. The summed E-state index contributed by atoms with van der Waals surface area (Å²) in [6.07, 6.45) is 1.56. The Morgan fingerprint density at radius 2 is 1.58 bits per heavy atom. The third kappa shape index (κ3) is 13.0. The molecule has 0 spiro atoms. The Kier molecular flexibility index (Phi) is 11.0. The van der Waals surface area contributed by atoms with Crippen molar-refractivity contribution in [3.63, 3.8) is 0 Å². The van der Waals surface area contributed by atoms with Gasteiger partial charge in [-0.05, 0) is 45.2 Å². The molecule has 0 radical (unpaired) electrons. The summed E-state index contributed by atoms with van der Waals surface area (Å²) in [5.74, 6) is -2.38. The zero-order chi connectivity index (χ0) is 23.5. The molecule has 0 N–H and O–H groups in total. The average molecular weight is 451 g/mol. The van der Waals surface area contributed by atoms with Gasteiger partial charge in [0, 0.05) is 14.5 Å². The lowest BCUT2D eigenvalue weighted by Gasteiger charge is -2.23. The lowest BCUT2D eigenvalue weighted by Crippen LogP contribution is -2.34. The highest BCUT2D eigenvalue weighted by Crippen LogP contribution is 2.19. The first-order chi connectivity index (χ1) is 14.4. The van der Waals surface area contributed by atoms with Gasteiger partial charge in [-0.2, -0.15) is 0 Å². The second-order valence-corrected chi connectivity index (χ2v) is 15.6. The van der Waals surface area contributed by atoms with Crippen LogP contribution in [0.15, 0.2) is 30.3 Å². The van der Waals surface area contributed by atoms with Crippen molar-refractivity contribution in [2.45, 2.75) is 84.3 Å². The first kappa shape index (κ1) is 26.9. The van der Waals surface area contributed by atoms with Crippen LogP contribution in [-0.2, 0) is 35.2 Å². The molecule has 1 atom stereocenters. The predicted octanol–water partition coefficient (Wildman–Crippen LogP) is 5.13. The van der Waals surface area contributed by atoms with Gasteiger partial charge in [0.05, 0.1) is 6.61 Å². The first-order valence-electron chi connectivity index (χ1n) is 11.0. The van der Waals surface area contributed by atoms with E-state index in [4.69, 9.17) is 14.2 Å². The summed E-state index contributed by atoms with van der Waals surface area (Å²) >= 11 is 0. The number of ether oxygens (including phenoxy) is 3. The molecule has 0 saturated carbocycles. The fraction of sp³-hybridized carbons (Fsp3) is 0.625. The summed E-state index contributed by atoms with van der Waals surface area (Å²) in [6.45, 7) is 12.4. The Morgan fingerprint density at radius 3 is 2.16 bits per heavy atom. The predicted molar refractivity (Wildman–Crippen MR) is 123 cm³/mol. The van der Waals surface area contributed by atoms with Gasteiger partial charge in [0.1, 0.15) is 12.2 Å². The molecule has 0 saturated heterocycles. The summed E-state index contributed by atoms with van der Waals surface area (Å²) in [5.41, 5.74) is 0.247. The molecule has 0 aliphatic carbocycles. The van der Waals surface area contributed by atoms with E-state index in [2.05, 4.69) is 19.6 Å². The van der Waals surface area contributed by atoms with E-state index in [1.165, 1.54) is 0 Å². The maximum Gasteiger partial charge on any atom is 0.320 e. The monoisotopic (exact) mass is 450 g/mol. The zero-order valence-corrected chi connectivity index (χ0v) is 20.9. The van der Waals surface area contributed by atoms with Crippen molar-refractivity contribution in [1.82, 2.24) is 0 Å². The van der Waals surface area contributed by atoms with Crippen LogP contribution in [0, 0.1) is 5.92 Å². The number of rotatable bonds is 12. The molecule has 174 valence electrons. The van der Waals surface area contributed by atoms with E-state index in [0.29, 0.717) is 19.4 Å². The van der Waals surface area contributed by atoms with E-state index in [1.807, 2.05) is 30.3 Å². The topological polar surface area (TPSA) is 78.9 Å². The fourth-order valence-corrected chi connectivity index (χ4v) is 3.41. The Balaban J connectivity index is 2.49. The summed E-state index contributed by atoms with van der Waals surface area (Å²) < 4.78 is 16.1. The van der Waals surface area contributed by atoms with Crippen LogP contribution in [0.25, 0.3) is 0 Å².